The van der Waals surface area contributed by atoms with Crippen molar-refractivity contribution in [1.82, 2.24) is 0 Å². The van der Waals surface area contributed by atoms with Crippen LogP contribution < -0.4 is 0 Å². The van der Waals surface area contributed by atoms with Crippen LogP contribution in [0.3, 0.4) is 0 Å². The van der Waals surface area contributed by atoms with Gasteiger partial charge in [0, 0.05) is 5.75 Å². The highest BCUT2D eigenvalue weighted by Gasteiger charge is 1.96. The smallest absolute Gasteiger partial charge is 0.214 e. The Kier molecular flexibility index (Phi) is 6.69. The molecule has 0 aromatic rings. The summed E-state index contributed by atoms with van der Waals surface area (Å²) in [6.45, 7) is -0.350. The number of rotatable bonds is 4. The molecule has 4 heteroatoms. The third-order valence-electron chi connectivity index (χ3n) is 0.695. The van der Waals surface area contributed by atoms with Gasteiger partial charge in [-0.2, -0.15) is 12.6 Å². The number of thiol groups is 1. The van der Waals surface area contributed by atoms with Crippen molar-refractivity contribution >= 4 is 29.5 Å². The van der Waals surface area contributed by atoms with Gasteiger partial charge in [-0.05, 0) is 12.2 Å². The van der Waals surface area contributed by atoms with Crippen molar-refractivity contribution in [1.29, 1.82) is 0 Å². The highest BCUT2D eigenvalue weighted by Crippen LogP contribution is 2.03. The fraction of sp³-hybridized carbons (Fsp3) is 0.800. The van der Waals surface area contributed by atoms with E-state index in [9.17, 15) is 4.79 Å². The van der Waals surface area contributed by atoms with E-state index in [1.165, 1.54) is 0 Å². The zero-order valence-electron chi connectivity index (χ0n) is 5.04. The molecule has 2 nitrogen and oxygen atoms in total. The van der Waals surface area contributed by atoms with E-state index in [1.54, 1.807) is 0 Å². The molecule has 54 valence electrons. The van der Waals surface area contributed by atoms with Crippen LogP contribution in [-0.2, 0) is 4.79 Å². The Labute approximate surface area is 64.4 Å². The summed E-state index contributed by atoms with van der Waals surface area (Å²) in [5, 5.41) is 8.09. The molecule has 0 saturated carbocycles. The average Bonchev–Trinajstić information content (AvgIpc) is 1.89. The Hall–Kier alpha value is 0.330. The van der Waals surface area contributed by atoms with E-state index in [4.69, 9.17) is 5.11 Å². The molecular formula is C5H10O2S2. The summed E-state index contributed by atoms with van der Waals surface area (Å²) in [7, 11) is 0. The van der Waals surface area contributed by atoms with Crippen LogP contribution in [0.2, 0.25) is 0 Å². The Morgan fingerprint density at radius 1 is 1.67 bits per heavy atom. The molecule has 1 N–H and O–H groups in total. The number of hydrogen-bond acceptors (Lipinski definition) is 4. The zero-order chi connectivity index (χ0) is 7.11. The number of carbonyl (C=O) groups is 1. The van der Waals surface area contributed by atoms with Crippen LogP contribution in [0.4, 0.5) is 0 Å². The molecular weight excluding hydrogens is 156 g/mol. The second kappa shape index (κ2) is 6.45. The predicted octanol–water partition coefficient (Wildman–Crippen LogP) is 0.558. The van der Waals surface area contributed by atoms with Gasteiger partial charge in [0.15, 0.2) is 0 Å². The fourth-order valence-corrected chi connectivity index (χ4v) is 1.28. The van der Waals surface area contributed by atoms with Gasteiger partial charge < -0.3 is 5.11 Å². The minimum atomic E-state index is -0.350. The van der Waals surface area contributed by atoms with Gasteiger partial charge in [0.25, 0.3) is 0 Å². The minimum Gasteiger partial charge on any atom is -0.388 e. The Morgan fingerprint density at radius 2 is 2.33 bits per heavy atom. The quantitative estimate of drug-likeness (QED) is 0.473. The summed E-state index contributed by atoms with van der Waals surface area (Å²) < 4.78 is 0. The molecule has 0 bridgehead atoms. The number of aliphatic hydroxyl groups excluding tert-OH is 1. The number of aliphatic hydroxyl groups is 1. The maximum atomic E-state index is 10.4. The summed E-state index contributed by atoms with van der Waals surface area (Å²) in [5.41, 5.74) is 0. The highest BCUT2D eigenvalue weighted by molar-refractivity contribution is 8.13. The molecule has 0 heterocycles. The van der Waals surface area contributed by atoms with Gasteiger partial charge in [0.1, 0.15) is 6.61 Å². The maximum absolute atomic E-state index is 10.4. The number of hydrogen-bond donors (Lipinski definition) is 2. The molecule has 0 rings (SSSR count). The van der Waals surface area contributed by atoms with Gasteiger partial charge in [-0.15, -0.1) is 0 Å². The van der Waals surface area contributed by atoms with Crippen molar-refractivity contribution in [2.45, 2.75) is 6.42 Å². The first-order valence-electron chi connectivity index (χ1n) is 2.68. The van der Waals surface area contributed by atoms with E-state index in [1.807, 2.05) is 0 Å². The number of carbonyl (C=O) groups excluding carboxylic acids is 1. The van der Waals surface area contributed by atoms with Gasteiger partial charge in [-0.25, -0.2) is 0 Å². The predicted molar refractivity (Wildman–Crippen MR) is 43.0 cm³/mol. The van der Waals surface area contributed by atoms with E-state index < -0.39 is 0 Å². The molecule has 0 aromatic carbocycles. The molecule has 0 radical (unpaired) electrons. The van der Waals surface area contributed by atoms with Crippen molar-refractivity contribution in [2.75, 3.05) is 18.1 Å². The lowest BCUT2D eigenvalue weighted by atomic mass is 10.6. The second-order valence-corrected chi connectivity index (χ2v) is 3.06. The van der Waals surface area contributed by atoms with Crippen LogP contribution in [0.25, 0.3) is 0 Å². The number of thioether (sulfide) groups is 1. The average molecular weight is 166 g/mol. The van der Waals surface area contributed by atoms with Crippen molar-refractivity contribution in [3.05, 3.63) is 0 Å². The third kappa shape index (κ3) is 6.21. The van der Waals surface area contributed by atoms with Crippen LogP contribution in [0.15, 0.2) is 0 Å². The lowest BCUT2D eigenvalue weighted by molar-refractivity contribution is -0.113. The Bertz CT molecular complexity index is 85.0. The largest absolute Gasteiger partial charge is 0.388 e. The fourth-order valence-electron chi connectivity index (χ4n) is 0.296. The van der Waals surface area contributed by atoms with Crippen LogP contribution in [0.5, 0.6) is 0 Å². The minimum absolute atomic E-state index is 0.156. The van der Waals surface area contributed by atoms with E-state index in [0.29, 0.717) is 0 Å². The van der Waals surface area contributed by atoms with Crippen molar-refractivity contribution < 1.29 is 9.90 Å². The first kappa shape index (κ1) is 9.33. The molecule has 0 atom stereocenters. The zero-order valence-corrected chi connectivity index (χ0v) is 6.75. The van der Waals surface area contributed by atoms with Crippen LogP contribution in [-0.4, -0.2) is 28.3 Å². The van der Waals surface area contributed by atoms with E-state index in [2.05, 4.69) is 12.6 Å². The molecule has 0 unspecified atom stereocenters. The van der Waals surface area contributed by atoms with E-state index in [-0.39, 0.29) is 11.7 Å². The molecule has 0 aliphatic carbocycles. The molecule has 0 amide bonds. The standard InChI is InChI=1S/C5H10O2S2/c6-4-5(7)9-3-1-2-8/h6,8H,1-4H2. The summed E-state index contributed by atoms with van der Waals surface area (Å²) in [4.78, 5) is 10.4. The maximum Gasteiger partial charge on any atom is 0.214 e. The van der Waals surface area contributed by atoms with Gasteiger partial charge in [-0.1, -0.05) is 11.8 Å². The third-order valence-corrected chi connectivity index (χ3v) is 1.95. The van der Waals surface area contributed by atoms with Crippen LogP contribution >= 0.6 is 24.4 Å². The van der Waals surface area contributed by atoms with Crippen LogP contribution in [0, 0.1) is 0 Å². The normalized spacial score (nSPS) is 9.56. The van der Waals surface area contributed by atoms with E-state index in [0.717, 1.165) is 29.7 Å². The summed E-state index contributed by atoms with van der Waals surface area (Å²) in [5.74, 6) is 1.56. The second-order valence-electron chi connectivity index (χ2n) is 1.46. The molecule has 0 saturated heterocycles. The van der Waals surface area contributed by atoms with Gasteiger partial charge in [0.2, 0.25) is 5.12 Å². The van der Waals surface area contributed by atoms with Gasteiger partial charge in [-0.3, -0.25) is 4.79 Å². The van der Waals surface area contributed by atoms with E-state index >= 15 is 0 Å². The van der Waals surface area contributed by atoms with Gasteiger partial charge >= 0.3 is 0 Å². The van der Waals surface area contributed by atoms with Crippen molar-refractivity contribution in [3.63, 3.8) is 0 Å². The van der Waals surface area contributed by atoms with Gasteiger partial charge in [0.05, 0.1) is 0 Å². The molecule has 0 fully saturated rings. The Morgan fingerprint density at radius 3 is 2.78 bits per heavy atom. The summed E-state index contributed by atoms with van der Waals surface area (Å²) >= 11 is 5.13. The first-order chi connectivity index (χ1) is 4.31. The monoisotopic (exact) mass is 166 g/mol. The molecule has 0 aromatic heterocycles. The summed E-state index contributed by atoms with van der Waals surface area (Å²) in [6, 6.07) is 0. The molecule has 0 aliphatic rings. The highest BCUT2D eigenvalue weighted by atomic mass is 32.2. The first-order valence-corrected chi connectivity index (χ1v) is 4.30. The topological polar surface area (TPSA) is 37.3 Å². The molecule has 0 spiro atoms. The van der Waals surface area contributed by atoms with Crippen molar-refractivity contribution in [2.24, 2.45) is 0 Å². The molecule has 0 aliphatic heterocycles. The lowest BCUT2D eigenvalue weighted by Crippen LogP contribution is -1.98. The lowest BCUT2D eigenvalue weighted by Gasteiger charge is -1.93. The SMILES string of the molecule is O=C(CO)SCCCS. The summed E-state index contributed by atoms with van der Waals surface area (Å²) in [6.07, 6.45) is 0.916. The van der Waals surface area contributed by atoms with Crippen LogP contribution in [0.1, 0.15) is 6.42 Å². The molecule has 9 heavy (non-hydrogen) atoms. The Balaban J connectivity index is 2.97. The van der Waals surface area contributed by atoms with Crippen molar-refractivity contribution in [3.8, 4) is 0 Å².